The van der Waals surface area contributed by atoms with Gasteiger partial charge < -0.3 is 10.2 Å². The largest absolute Gasteiger partial charge is 0.340 e. The minimum atomic E-state index is -0.264. The lowest BCUT2D eigenvalue weighted by Crippen LogP contribution is -2.50. The molecule has 3 rings (SSSR count). The SMILES string of the molecule is O=C(CN1CCN(C(=O)CCc2ccccc2F)CC1)Nc1ccccc1. The fraction of sp³-hybridized carbons (Fsp3) is 0.333. The van der Waals surface area contributed by atoms with Gasteiger partial charge in [-0.1, -0.05) is 36.4 Å². The third kappa shape index (κ3) is 5.62. The van der Waals surface area contributed by atoms with Crippen LogP contribution < -0.4 is 5.32 Å². The molecule has 0 radical (unpaired) electrons. The van der Waals surface area contributed by atoms with Crippen LogP contribution in [0.2, 0.25) is 0 Å². The highest BCUT2D eigenvalue weighted by Gasteiger charge is 2.22. The summed E-state index contributed by atoms with van der Waals surface area (Å²) in [5.41, 5.74) is 1.35. The summed E-state index contributed by atoms with van der Waals surface area (Å²) in [4.78, 5) is 28.3. The number of para-hydroxylation sites is 1. The second kappa shape index (κ2) is 9.28. The molecule has 5 nitrogen and oxygen atoms in total. The Morgan fingerprint density at radius 1 is 0.926 bits per heavy atom. The quantitative estimate of drug-likeness (QED) is 0.851. The third-order valence-electron chi connectivity index (χ3n) is 4.72. The summed E-state index contributed by atoms with van der Waals surface area (Å²) in [7, 11) is 0. The normalized spacial score (nSPS) is 14.8. The Kier molecular flexibility index (Phi) is 6.54. The van der Waals surface area contributed by atoms with Crippen molar-refractivity contribution in [1.29, 1.82) is 0 Å². The summed E-state index contributed by atoms with van der Waals surface area (Å²) in [6, 6.07) is 15.9. The summed E-state index contributed by atoms with van der Waals surface area (Å²) in [5.74, 6) is -0.285. The molecule has 0 unspecified atom stereocenters. The van der Waals surface area contributed by atoms with Crippen LogP contribution in [0, 0.1) is 5.82 Å². The first kappa shape index (κ1) is 19.0. The van der Waals surface area contributed by atoms with Gasteiger partial charge in [-0.25, -0.2) is 4.39 Å². The number of nitrogens with zero attached hydrogens (tertiary/aromatic N) is 2. The van der Waals surface area contributed by atoms with Crippen molar-refractivity contribution in [2.24, 2.45) is 0 Å². The Balaban J connectivity index is 1.40. The number of nitrogens with one attached hydrogen (secondary N) is 1. The summed E-state index contributed by atoms with van der Waals surface area (Å²) in [6.45, 7) is 2.82. The van der Waals surface area contributed by atoms with Crippen molar-refractivity contribution in [1.82, 2.24) is 9.80 Å². The highest BCUT2D eigenvalue weighted by Crippen LogP contribution is 2.11. The molecule has 1 fully saturated rings. The van der Waals surface area contributed by atoms with E-state index in [0.717, 1.165) is 5.69 Å². The van der Waals surface area contributed by atoms with E-state index in [-0.39, 0.29) is 17.6 Å². The lowest BCUT2D eigenvalue weighted by atomic mass is 10.1. The molecular weight excluding hydrogens is 345 g/mol. The van der Waals surface area contributed by atoms with Gasteiger partial charge in [0.15, 0.2) is 0 Å². The van der Waals surface area contributed by atoms with Gasteiger partial charge >= 0.3 is 0 Å². The standard InChI is InChI=1S/C21H24FN3O2/c22-19-9-5-4-6-17(19)10-11-21(27)25-14-12-24(13-15-25)16-20(26)23-18-7-2-1-3-8-18/h1-9H,10-16H2,(H,23,26). The van der Waals surface area contributed by atoms with Gasteiger partial charge in [0.2, 0.25) is 11.8 Å². The molecule has 1 aliphatic rings. The molecule has 0 atom stereocenters. The number of amides is 2. The topological polar surface area (TPSA) is 52.7 Å². The number of anilines is 1. The minimum absolute atomic E-state index is 0.0339. The molecule has 0 aliphatic carbocycles. The number of rotatable bonds is 6. The predicted molar refractivity (Wildman–Crippen MR) is 103 cm³/mol. The van der Waals surface area contributed by atoms with Gasteiger partial charge in [-0.05, 0) is 30.2 Å². The van der Waals surface area contributed by atoms with Gasteiger partial charge in [0.1, 0.15) is 5.82 Å². The van der Waals surface area contributed by atoms with Crippen LogP contribution >= 0.6 is 0 Å². The van der Waals surface area contributed by atoms with E-state index in [1.54, 1.807) is 23.1 Å². The Morgan fingerprint density at radius 3 is 2.30 bits per heavy atom. The van der Waals surface area contributed by atoms with Gasteiger partial charge in [0.05, 0.1) is 6.54 Å². The highest BCUT2D eigenvalue weighted by molar-refractivity contribution is 5.92. The first-order valence-corrected chi connectivity index (χ1v) is 9.20. The van der Waals surface area contributed by atoms with Crippen molar-refractivity contribution in [3.8, 4) is 0 Å². The molecule has 6 heteroatoms. The fourth-order valence-corrected chi connectivity index (χ4v) is 3.18. The van der Waals surface area contributed by atoms with Gasteiger partial charge in [-0.2, -0.15) is 0 Å². The molecule has 0 saturated carbocycles. The molecule has 2 amide bonds. The van der Waals surface area contributed by atoms with Crippen LogP contribution in [0.5, 0.6) is 0 Å². The minimum Gasteiger partial charge on any atom is -0.340 e. The summed E-state index contributed by atoms with van der Waals surface area (Å²) >= 11 is 0. The maximum absolute atomic E-state index is 13.6. The number of carbonyl (C=O) groups is 2. The van der Waals surface area contributed by atoms with Crippen LogP contribution in [0.15, 0.2) is 54.6 Å². The zero-order valence-corrected chi connectivity index (χ0v) is 15.2. The van der Waals surface area contributed by atoms with E-state index in [0.29, 0.717) is 51.1 Å². The molecule has 142 valence electrons. The Hall–Kier alpha value is -2.73. The van der Waals surface area contributed by atoms with E-state index in [4.69, 9.17) is 0 Å². The number of halogens is 1. The molecule has 0 aromatic heterocycles. The van der Waals surface area contributed by atoms with Crippen LogP contribution in [-0.4, -0.2) is 54.3 Å². The molecule has 27 heavy (non-hydrogen) atoms. The number of aryl methyl sites for hydroxylation is 1. The van der Waals surface area contributed by atoms with Gasteiger partial charge in [0, 0.05) is 38.3 Å². The maximum atomic E-state index is 13.6. The van der Waals surface area contributed by atoms with Gasteiger partial charge in [-0.3, -0.25) is 14.5 Å². The van der Waals surface area contributed by atoms with Gasteiger partial charge in [0.25, 0.3) is 0 Å². The molecular formula is C21H24FN3O2. The molecule has 1 saturated heterocycles. The van der Waals surface area contributed by atoms with Crippen molar-refractivity contribution in [3.05, 3.63) is 66.0 Å². The smallest absolute Gasteiger partial charge is 0.238 e. The zero-order valence-electron chi connectivity index (χ0n) is 15.2. The second-order valence-corrected chi connectivity index (χ2v) is 6.66. The van der Waals surface area contributed by atoms with E-state index >= 15 is 0 Å². The highest BCUT2D eigenvalue weighted by atomic mass is 19.1. The molecule has 0 bridgehead atoms. The average molecular weight is 369 g/mol. The van der Waals surface area contributed by atoms with Crippen LogP contribution in [0.3, 0.4) is 0 Å². The molecule has 2 aromatic carbocycles. The predicted octanol–water partition coefficient (Wildman–Crippen LogP) is 2.54. The number of hydrogen-bond acceptors (Lipinski definition) is 3. The second-order valence-electron chi connectivity index (χ2n) is 6.66. The van der Waals surface area contributed by atoms with Crippen molar-refractivity contribution < 1.29 is 14.0 Å². The number of piperazine rings is 1. The maximum Gasteiger partial charge on any atom is 0.238 e. The molecule has 1 aliphatic heterocycles. The lowest BCUT2D eigenvalue weighted by Gasteiger charge is -2.34. The summed E-state index contributed by atoms with van der Waals surface area (Å²) < 4.78 is 13.6. The first-order valence-electron chi connectivity index (χ1n) is 9.20. The number of benzene rings is 2. The zero-order chi connectivity index (χ0) is 19.1. The molecule has 1 heterocycles. The van der Waals surface area contributed by atoms with Crippen LogP contribution in [-0.2, 0) is 16.0 Å². The van der Waals surface area contributed by atoms with Crippen molar-refractivity contribution >= 4 is 17.5 Å². The number of hydrogen-bond donors (Lipinski definition) is 1. The molecule has 2 aromatic rings. The Labute approximate surface area is 158 Å². The van der Waals surface area contributed by atoms with E-state index in [9.17, 15) is 14.0 Å². The van der Waals surface area contributed by atoms with Crippen molar-refractivity contribution in [2.75, 3.05) is 38.0 Å². The van der Waals surface area contributed by atoms with Crippen molar-refractivity contribution in [2.45, 2.75) is 12.8 Å². The molecule has 0 spiro atoms. The van der Waals surface area contributed by atoms with E-state index in [1.807, 2.05) is 35.2 Å². The Bertz CT molecular complexity index is 774. The van der Waals surface area contributed by atoms with E-state index in [2.05, 4.69) is 5.32 Å². The third-order valence-corrected chi connectivity index (χ3v) is 4.72. The summed E-state index contributed by atoms with van der Waals surface area (Å²) in [6.07, 6.45) is 0.709. The van der Waals surface area contributed by atoms with Crippen molar-refractivity contribution in [3.63, 3.8) is 0 Å². The van der Waals surface area contributed by atoms with E-state index < -0.39 is 0 Å². The van der Waals surface area contributed by atoms with Gasteiger partial charge in [-0.15, -0.1) is 0 Å². The monoisotopic (exact) mass is 369 g/mol. The molecule has 1 N–H and O–H groups in total. The summed E-state index contributed by atoms with van der Waals surface area (Å²) in [5, 5.41) is 2.87. The Morgan fingerprint density at radius 2 is 1.59 bits per heavy atom. The van der Waals surface area contributed by atoms with Crippen LogP contribution in [0.25, 0.3) is 0 Å². The fourth-order valence-electron chi connectivity index (χ4n) is 3.18. The average Bonchev–Trinajstić information content (AvgIpc) is 2.68. The number of carbonyl (C=O) groups excluding carboxylic acids is 2. The lowest BCUT2D eigenvalue weighted by molar-refractivity contribution is -0.133. The van der Waals surface area contributed by atoms with Crippen LogP contribution in [0.1, 0.15) is 12.0 Å². The first-order chi connectivity index (χ1) is 13.1. The van der Waals surface area contributed by atoms with E-state index in [1.165, 1.54) is 6.07 Å². The van der Waals surface area contributed by atoms with Crippen LogP contribution in [0.4, 0.5) is 10.1 Å².